The Hall–Kier alpha value is -0.601. The second-order valence-corrected chi connectivity index (χ2v) is 15.6. The fraction of sp³-hybridized carbons (Fsp3) is 0. The molecule has 56 heavy (non-hydrogen) atoms. The fourth-order valence-corrected chi connectivity index (χ4v) is 6.52. The Morgan fingerprint density at radius 1 is 0.589 bits per heavy atom. The third kappa shape index (κ3) is 13.7. The van der Waals surface area contributed by atoms with Crippen molar-refractivity contribution < 1.29 is 197 Å². The molecule has 0 atom stereocenters. The van der Waals surface area contributed by atoms with Crippen molar-refractivity contribution in [2.75, 3.05) is 10.6 Å². The number of nitrogens with zero attached hydrogens (tertiary/aromatic N) is 5. The minimum absolute atomic E-state index is 0. The van der Waals surface area contributed by atoms with Crippen LogP contribution in [0.4, 0.5) is 34.6 Å². The standard InChI is InChI=1S/C25H18ClN7O14S4.Cu.4Na/c26-23-29-24(27-12-1-3-13(4-2-12)48(36,37)38)31-25(30-23)28-17-10-15(50(42,43)44)7-11-8-19(51(45,46)47)21(22(35)20(11)17)33-32-16-9-14(49(39,40)41)5-6-18(16)34;;;;;/h1-10,34-35H,(H,36,37,38)(H,39,40,41)(H,42,43,44)(H,45,46,47)(H2,27,28,29,30,31);;;;;/q;+2;4*+1/p-6. The molecule has 0 aliphatic carbocycles. The molecule has 0 saturated heterocycles. The van der Waals surface area contributed by atoms with E-state index in [0.29, 0.717) is 36.4 Å². The van der Waals surface area contributed by atoms with Crippen LogP contribution < -0.4 is 139 Å². The fourth-order valence-electron chi connectivity index (χ4n) is 4.22. The number of benzene rings is 4. The molecular weight excluding hydrogens is 942 g/mol. The molecule has 4 aromatic carbocycles. The largest absolute Gasteiger partial charge is 2.00 e. The molecule has 5 aromatic rings. The van der Waals surface area contributed by atoms with Crippen molar-refractivity contribution in [1.29, 1.82) is 0 Å². The molecule has 0 aliphatic heterocycles. The predicted molar refractivity (Wildman–Crippen MR) is 163 cm³/mol. The van der Waals surface area contributed by atoms with Crippen LogP contribution in [0.3, 0.4) is 0 Å². The minimum Gasteiger partial charge on any atom is -0.871 e. The van der Waals surface area contributed by atoms with Gasteiger partial charge in [-0.3, -0.25) is 0 Å². The summed E-state index contributed by atoms with van der Waals surface area (Å²) in [5.41, 5.74) is -2.60. The van der Waals surface area contributed by atoms with Gasteiger partial charge >= 0.3 is 135 Å². The van der Waals surface area contributed by atoms with E-state index in [-0.39, 0.29) is 147 Å². The molecule has 5 rings (SSSR count). The van der Waals surface area contributed by atoms with Crippen LogP contribution in [0.1, 0.15) is 0 Å². The van der Waals surface area contributed by atoms with E-state index in [0.717, 1.165) is 12.1 Å². The third-order valence-corrected chi connectivity index (χ3v) is 9.91. The molecule has 0 amide bonds. The molecule has 0 bridgehead atoms. The average molecular weight is 954 g/mol. The first-order valence-electron chi connectivity index (χ1n) is 12.9. The topological polar surface area (TPSA) is 362 Å². The predicted octanol–water partition coefficient (Wildman–Crippen LogP) is -10.6. The van der Waals surface area contributed by atoms with Crippen LogP contribution in [-0.2, 0) is 57.5 Å². The second kappa shape index (κ2) is 21.3. The van der Waals surface area contributed by atoms with Crippen molar-refractivity contribution >= 4 is 97.5 Å². The summed E-state index contributed by atoms with van der Waals surface area (Å²) >= 11 is 5.99. The Kier molecular flexibility index (Phi) is 21.0. The molecule has 1 radical (unpaired) electrons. The Balaban J connectivity index is 0.00000605. The molecule has 21 nitrogen and oxygen atoms in total. The minimum atomic E-state index is -5.65. The van der Waals surface area contributed by atoms with Gasteiger partial charge < -0.3 is 39.1 Å². The van der Waals surface area contributed by atoms with Gasteiger partial charge in [-0.1, -0.05) is 17.6 Å². The van der Waals surface area contributed by atoms with Crippen molar-refractivity contribution in [2.24, 2.45) is 10.2 Å². The third-order valence-electron chi connectivity index (χ3n) is 6.39. The maximum atomic E-state index is 13.8. The summed E-state index contributed by atoms with van der Waals surface area (Å²) in [4.78, 5) is 7.63. The van der Waals surface area contributed by atoms with Gasteiger partial charge in [-0.25, -0.2) is 33.7 Å². The zero-order chi connectivity index (χ0) is 37.7. The van der Waals surface area contributed by atoms with Crippen LogP contribution >= 0.6 is 11.6 Å². The van der Waals surface area contributed by atoms with Gasteiger partial charge in [0.25, 0.3) is 0 Å². The maximum Gasteiger partial charge on any atom is 2.00 e. The molecule has 1 aromatic heterocycles. The van der Waals surface area contributed by atoms with Crippen LogP contribution in [0, 0.1) is 0 Å². The summed E-state index contributed by atoms with van der Waals surface area (Å²) in [5, 5.41) is 36.0. The van der Waals surface area contributed by atoms with E-state index in [2.05, 4.69) is 35.8 Å². The molecule has 31 heteroatoms. The number of halogens is 1. The summed E-state index contributed by atoms with van der Waals surface area (Å²) in [5.74, 6) is -3.40. The zero-order valence-electron chi connectivity index (χ0n) is 28.5. The molecular formula is C25H12ClCuN7Na4O14S4. The van der Waals surface area contributed by atoms with Crippen molar-refractivity contribution in [1.82, 2.24) is 15.0 Å². The van der Waals surface area contributed by atoms with E-state index in [9.17, 15) is 62.1 Å². The average Bonchev–Trinajstić information content (AvgIpc) is 2.99. The number of aromatic nitrogens is 3. The van der Waals surface area contributed by atoms with Crippen molar-refractivity contribution in [3.05, 3.63) is 65.9 Å². The smallest absolute Gasteiger partial charge is 0.871 e. The first-order valence-corrected chi connectivity index (χ1v) is 19.0. The van der Waals surface area contributed by atoms with Gasteiger partial charge in [0.15, 0.2) is 0 Å². The van der Waals surface area contributed by atoms with Gasteiger partial charge in [0.2, 0.25) is 17.2 Å². The first kappa shape index (κ1) is 55.4. The molecule has 0 fully saturated rings. The number of fused-ring (bicyclic) bond motifs is 1. The Morgan fingerprint density at radius 2 is 1.11 bits per heavy atom. The molecule has 0 spiro atoms. The van der Waals surface area contributed by atoms with E-state index in [4.69, 9.17) is 11.6 Å². The number of azo groups is 1. The summed E-state index contributed by atoms with van der Waals surface area (Å²) < 4.78 is 140. The van der Waals surface area contributed by atoms with Gasteiger partial charge in [-0.15, -0.1) is 5.11 Å². The van der Waals surface area contributed by atoms with E-state index >= 15 is 0 Å². The monoisotopic (exact) mass is 952 g/mol. The molecule has 1 heterocycles. The van der Waals surface area contributed by atoms with Gasteiger partial charge in [-0.2, -0.15) is 20.1 Å². The SMILES string of the molecule is O=S(=O)([O-])c1ccc(Nc2nc(Cl)nc(Nc3cc(S(=O)(=O)[O-])cc4cc(S(=O)(=O)[O-])c(N=Nc5cc(S(=O)(=O)[O-])ccc5[O-])c([O-])c34)n2)cc1.[Cu+2].[Na+].[Na+].[Na+].[Na+]. The number of anilines is 4. The summed E-state index contributed by atoms with van der Waals surface area (Å²) in [7, 11) is -20.9. The van der Waals surface area contributed by atoms with Crippen LogP contribution in [0.25, 0.3) is 10.8 Å². The van der Waals surface area contributed by atoms with Gasteiger partial charge in [0.05, 0.1) is 31.0 Å². The molecule has 0 aliphatic rings. The number of hydrogen-bond acceptors (Lipinski definition) is 21. The Bertz CT molecular complexity index is 2760. The van der Waals surface area contributed by atoms with Crippen LogP contribution in [0.5, 0.6) is 11.5 Å². The quantitative estimate of drug-likeness (QED) is 0.0745. The number of nitrogens with one attached hydrogen (secondary N) is 2. The van der Waals surface area contributed by atoms with Crippen LogP contribution in [-0.4, -0.2) is 66.8 Å². The zero-order valence-corrected chi connectivity index (χ0v) is 41.5. The van der Waals surface area contributed by atoms with E-state index < -0.39 is 111 Å². The van der Waals surface area contributed by atoms with E-state index in [1.807, 2.05) is 0 Å². The van der Waals surface area contributed by atoms with Gasteiger partial charge in [0.1, 0.15) is 40.5 Å². The first-order chi connectivity index (χ1) is 23.5. The molecule has 0 saturated carbocycles. The molecule has 0 unspecified atom stereocenters. The molecule has 277 valence electrons. The van der Waals surface area contributed by atoms with Crippen molar-refractivity contribution in [2.45, 2.75) is 19.6 Å². The Morgan fingerprint density at radius 3 is 1.62 bits per heavy atom. The van der Waals surface area contributed by atoms with E-state index in [1.165, 1.54) is 12.1 Å². The van der Waals surface area contributed by atoms with Gasteiger partial charge in [-0.05, 0) is 77.0 Å². The summed E-state index contributed by atoms with van der Waals surface area (Å²) in [6.45, 7) is 0. The molecule has 2 N–H and O–H groups in total. The normalized spacial score (nSPS) is 11.6. The Labute approximate surface area is 421 Å². The number of hydrogen-bond donors (Lipinski definition) is 2. The summed E-state index contributed by atoms with van der Waals surface area (Å²) in [6.07, 6.45) is 0. The van der Waals surface area contributed by atoms with Crippen molar-refractivity contribution in [3.8, 4) is 11.5 Å². The van der Waals surface area contributed by atoms with Crippen molar-refractivity contribution in [3.63, 3.8) is 0 Å². The second-order valence-electron chi connectivity index (χ2n) is 9.79. The number of rotatable bonds is 10. The van der Waals surface area contributed by atoms with E-state index in [1.54, 1.807) is 0 Å². The van der Waals surface area contributed by atoms with Gasteiger partial charge in [0, 0.05) is 11.4 Å². The maximum absolute atomic E-state index is 13.8. The van der Waals surface area contributed by atoms with Crippen LogP contribution in [0.15, 0.2) is 90.5 Å². The van der Waals surface area contributed by atoms with Crippen LogP contribution in [0.2, 0.25) is 5.28 Å². The summed E-state index contributed by atoms with van der Waals surface area (Å²) in [6, 6.07) is 7.66.